The molecule has 0 spiro atoms. The van der Waals surface area contributed by atoms with Gasteiger partial charge >= 0.3 is 6.18 Å². The van der Waals surface area contributed by atoms with Gasteiger partial charge in [-0.15, -0.1) is 11.3 Å². The van der Waals surface area contributed by atoms with Gasteiger partial charge in [0, 0.05) is 36.6 Å². The van der Waals surface area contributed by atoms with E-state index < -0.39 is 17.4 Å². The van der Waals surface area contributed by atoms with Crippen LogP contribution in [-0.2, 0) is 12.7 Å². The van der Waals surface area contributed by atoms with Crippen LogP contribution >= 0.6 is 11.3 Å². The third-order valence-electron chi connectivity index (χ3n) is 9.95. The molecule has 186 valence electrons. The maximum atomic E-state index is 12.9. The summed E-state index contributed by atoms with van der Waals surface area (Å²) in [5, 5.41) is 13.9. The summed E-state index contributed by atoms with van der Waals surface area (Å²) in [7, 11) is 0. The zero-order valence-electron chi connectivity index (χ0n) is 19.3. The SMILES string of the molecule is CC1=NC(N2CCN(C34CC5CC6CC(C3)C5C64)CC2)NC(O)N1Cc1ccc(C(F)(F)F)s1. The number of nitrogens with one attached hydrogen (secondary N) is 1. The molecule has 10 heteroatoms. The summed E-state index contributed by atoms with van der Waals surface area (Å²) in [6, 6.07) is 2.58. The Bertz CT molecular complexity index is 989. The number of hydrogen-bond donors (Lipinski definition) is 2. The van der Waals surface area contributed by atoms with Crippen LogP contribution in [0, 0.1) is 29.6 Å². The lowest BCUT2D eigenvalue weighted by molar-refractivity contribution is -0.134. The van der Waals surface area contributed by atoms with Gasteiger partial charge in [0.1, 0.15) is 10.7 Å². The predicted octanol–water partition coefficient (Wildman–Crippen LogP) is 3.20. The Hall–Kier alpha value is -1.20. The molecule has 5 unspecified atom stereocenters. The number of aliphatic hydroxyl groups excluding tert-OH is 1. The second-order valence-electron chi connectivity index (χ2n) is 11.4. The molecule has 6 nitrogen and oxygen atoms in total. The second kappa shape index (κ2) is 7.41. The summed E-state index contributed by atoms with van der Waals surface area (Å²) >= 11 is 0.715. The first-order valence-corrected chi connectivity index (χ1v) is 13.4. The average Bonchev–Trinajstić information content (AvgIpc) is 3.58. The van der Waals surface area contributed by atoms with Gasteiger partial charge in [-0.05, 0) is 74.3 Å². The average molecular weight is 496 g/mol. The van der Waals surface area contributed by atoms with Crippen LogP contribution in [0.2, 0.25) is 0 Å². The van der Waals surface area contributed by atoms with Crippen LogP contribution in [0.3, 0.4) is 0 Å². The Morgan fingerprint density at radius 3 is 2.38 bits per heavy atom. The number of hydrogen-bond acceptors (Lipinski definition) is 7. The number of halogens is 3. The minimum atomic E-state index is -4.34. The maximum absolute atomic E-state index is 12.9. The fraction of sp³-hybridized carbons (Fsp3) is 0.792. The molecule has 2 N–H and O–H groups in total. The first-order chi connectivity index (χ1) is 16.2. The minimum Gasteiger partial charge on any atom is -0.361 e. The van der Waals surface area contributed by atoms with Gasteiger partial charge in [0.25, 0.3) is 0 Å². The normalized spacial score (nSPS) is 44.0. The van der Waals surface area contributed by atoms with Crippen molar-refractivity contribution in [2.45, 2.75) is 63.5 Å². The molecule has 1 aromatic heterocycles. The van der Waals surface area contributed by atoms with Crippen LogP contribution in [0.15, 0.2) is 17.1 Å². The van der Waals surface area contributed by atoms with Gasteiger partial charge in [-0.1, -0.05) is 0 Å². The highest BCUT2D eigenvalue weighted by molar-refractivity contribution is 7.12. The number of nitrogens with zero attached hydrogens (tertiary/aromatic N) is 4. The van der Waals surface area contributed by atoms with Crippen molar-refractivity contribution in [2.24, 2.45) is 34.6 Å². The highest BCUT2D eigenvalue weighted by Gasteiger charge is 2.73. The molecule has 3 heterocycles. The lowest BCUT2D eigenvalue weighted by Gasteiger charge is -2.54. The third-order valence-corrected chi connectivity index (χ3v) is 11.1. The topological polar surface area (TPSA) is 54.3 Å². The third kappa shape index (κ3) is 3.11. The summed E-state index contributed by atoms with van der Waals surface area (Å²) in [6.07, 6.45) is 0.195. The number of piperazine rings is 1. The molecule has 4 aliphatic carbocycles. The smallest absolute Gasteiger partial charge is 0.361 e. The molecule has 2 aliphatic heterocycles. The summed E-state index contributed by atoms with van der Waals surface area (Å²) in [6.45, 7) is 5.96. The summed E-state index contributed by atoms with van der Waals surface area (Å²) in [4.78, 5) is 11.4. The lowest BCUT2D eigenvalue weighted by Crippen LogP contribution is -2.65. The molecular formula is C24H32F3N5OS. The number of rotatable bonds is 4. The van der Waals surface area contributed by atoms with E-state index in [9.17, 15) is 18.3 Å². The summed E-state index contributed by atoms with van der Waals surface area (Å²) in [5.74, 6) is 5.59. The first-order valence-electron chi connectivity index (χ1n) is 12.6. The van der Waals surface area contributed by atoms with Crippen LogP contribution in [-0.4, -0.2) is 70.0 Å². The number of thiophene rings is 1. The van der Waals surface area contributed by atoms with Gasteiger partial charge in [0.2, 0.25) is 0 Å². The molecule has 0 aromatic carbocycles. The van der Waals surface area contributed by atoms with E-state index in [-0.39, 0.29) is 12.8 Å². The van der Waals surface area contributed by atoms with E-state index in [1.807, 2.05) is 6.92 Å². The van der Waals surface area contributed by atoms with E-state index in [0.29, 0.717) is 27.6 Å². The molecule has 34 heavy (non-hydrogen) atoms. The van der Waals surface area contributed by atoms with Gasteiger partial charge < -0.3 is 10.0 Å². The van der Waals surface area contributed by atoms with Crippen molar-refractivity contribution < 1.29 is 18.3 Å². The standard InChI is InChI=1S/C24H32F3N5OS/c1-13-28-21(29-22(33)32(13)12-17-2-3-18(34-17)24(25,26)27)30-4-6-31(7-5-30)23-10-15-8-14-9-16(11-23)19(15)20(14)23/h2-3,14-16,19-22,29,33H,4-12H2,1H3. The van der Waals surface area contributed by atoms with Crippen molar-refractivity contribution >= 4 is 17.2 Å². The predicted molar refractivity (Wildman–Crippen MR) is 123 cm³/mol. The van der Waals surface area contributed by atoms with Crippen LogP contribution in [0.5, 0.6) is 0 Å². The van der Waals surface area contributed by atoms with Crippen molar-refractivity contribution in [1.82, 2.24) is 20.0 Å². The van der Waals surface area contributed by atoms with E-state index in [1.165, 1.54) is 31.7 Å². The van der Waals surface area contributed by atoms with Gasteiger partial charge in [0.05, 0.1) is 6.54 Å². The number of aliphatic hydroxyl groups is 1. The molecular weight excluding hydrogens is 463 g/mol. The molecule has 5 fully saturated rings. The highest BCUT2D eigenvalue weighted by atomic mass is 32.1. The van der Waals surface area contributed by atoms with E-state index in [0.717, 1.165) is 61.8 Å². The van der Waals surface area contributed by atoms with E-state index in [2.05, 4.69) is 15.1 Å². The van der Waals surface area contributed by atoms with Crippen molar-refractivity contribution in [3.05, 3.63) is 21.9 Å². The Morgan fingerprint density at radius 1 is 1.12 bits per heavy atom. The van der Waals surface area contributed by atoms with Gasteiger partial charge in [0.15, 0.2) is 12.6 Å². The summed E-state index contributed by atoms with van der Waals surface area (Å²) in [5.41, 5.74) is 0.471. The molecule has 5 atom stereocenters. The Morgan fingerprint density at radius 2 is 1.82 bits per heavy atom. The Balaban J connectivity index is 0.996. The molecule has 1 aromatic rings. The van der Waals surface area contributed by atoms with Crippen molar-refractivity contribution in [1.29, 1.82) is 0 Å². The zero-order valence-corrected chi connectivity index (χ0v) is 20.2. The fourth-order valence-electron chi connectivity index (χ4n) is 9.01. The zero-order chi connectivity index (χ0) is 23.4. The van der Waals surface area contributed by atoms with Crippen molar-refractivity contribution in [3.8, 4) is 0 Å². The van der Waals surface area contributed by atoms with Gasteiger partial charge in [-0.3, -0.25) is 9.80 Å². The molecule has 0 radical (unpaired) electrons. The second-order valence-corrected chi connectivity index (χ2v) is 12.5. The van der Waals surface area contributed by atoms with Crippen LogP contribution in [0.4, 0.5) is 13.2 Å². The fourth-order valence-corrected chi connectivity index (χ4v) is 9.88. The number of aliphatic imine (C=N–C) groups is 1. The quantitative estimate of drug-likeness (QED) is 0.672. The lowest BCUT2D eigenvalue weighted by atomic mass is 9.64. The summed E-state index contributed by atoms with van der Waals surface area (Å²) < 4.78 is 38.8. The molecule has 1 saturated heterocycles. The van der Waals surface area contributed by atoms with Crippen LogP contribution < -0.4 is 5.32 Å². The maximum Gasteiger partial charge on any atom is 0.425 e. The Labute approximate surface area is 201 Å². The van der Waals surface area contributed by atoms with E-state index >= 15 is 0 Å². The van der Waals surface area contributed by atoms with Gasteiger partial charge in [-0.2, -0.15) is 13.2 Å². The number of amidine groups is 1. The largest absolute Gasteiger partial charge is 0.425 e. The Kier molecular flexibility index (Phi) is 4.80. The van der Waals surface area contributed by atoms with Crippen molar-refractivity contribution in [3.63, 3.8) is 0 Å². The van der Waals surface area contributed by atoms with E-state index in [4.69, 9.17) is 4.99 Å². The van der Waals surface area contributed by atoms with Crippen LogP contribution in [0.1, 0.15) is 42.4 Å². The molecule has 4 saturated carbocycles. The number of alkyl halides is 3. The monoisotopic (exact) mass is 495 g/mol. The highest BCUT2D eigenvalue weighted by Crippen LogP contribution is 2.76. The van der Waals surface area contributed by atoms with Gasteiger partial charge in [-0.25, -0.2) is 10.3 Å². The molecule has 0 amide bonds. The van der Waals surface area contributed by atoms with E-state index in [1.54, 1.807) is 4.90 Å². The minimum absolute atomic E-state index is 0.194. The molecule has 6 bridgehead atoms. The van der Waals surface area contributed by atoms with Crippen molar-refractivity contribution in [2.75, 3.05) is 26.2 Å². The van der Waals surface area contributed by atoms with Crippen LogP contribution in [0.25, 0.3) is 0 Å². The molecule has 6 aliphatic rings. The first kappa shape index (κ1) is 22.0. The molecule has 7 rings (SSSR count).